The van der Waals surface area contributed by atoms with E-state index in [0.717, 1.165) is 5.57 Å². The molecule has 0 N–H and O–H groups in total. The van der Waals surface area contributed by atoms with Gasteiger partial charge in [0, 0.05) is 12.1 Å². The summed E-state index contributed by atoms with van der Waals surface area (Å²) < 4.78 is 0. The Morgan fingerprint density at radius 3 is 2.38 bits per heavy atom. The number of non-ortho nitro benzene ring substituents is 1. The van der Waals surface area contributed by atoms with Crippen molar-refractivity contribution in [1.29, 1.82) is 0 Å². The largest absolute Gasteiger partial charge is 0.274 e. The maximum absolute atomic E-state index is 12.5. The minimum absolute atomic E-state index is 0.0622. The molecule has 108 valence electrons. The molecule has 1 aliphatic carbocycles. The van der Waals surface area contributed by atoms with Crippen LogP contribution in [0.1, 0.15) is 19.8 Å². The first kappa shape index (κ1) is 13.5. The molecule has 1 fully saturated rings. The molecule has 0 saturated carbocycles. The lowest BCUT2D eigenvalue weighted by Gasteiger charge is -2.18. The molecule has 21 heavy (non-hydrogen) atoms. The fourth-order valence-electron chi connectivity index (χ4n) is 3.02. The van der Waals surface area contributed by atoms with Gasteiger partial charge in [0.1, 0.15) is 0 Å². The van der Waals surface area contributed by atoms with E-state index in [1.165, 1.54) is 29.2 Å². The molecule has 2 amide bonds. The summed E-state index contributed by atoms with van der Waals surface area (Å²) in [5.74, 6) is -0.997. The second kappa shape index (κ2) is 4.80. The fraction of sp³-hybridized carbons (Fsp3) is 0.333. The van der Waals surface area contributed by atoms with Gasteiger partial charge in [-0.3, -0.25) is 24.6 Å². The monoisotopic (exact) mass is 286 g/mol. The maximum atomic E-state index is 12.5. The minimum Gasteiger partial charge on any atom is -0.274 e. The van der Waals surface area contributed by atoms with E-state index in [4.69, 9.17) is 0 Å². The molecule has 1 heterocycles. The molecule has 0 radical (unpaired) electrons. The van der Waals surface area contributed by atoms with Crippen LogP contribution in [-0.4, -0.2) is 16.7 Å². The Kier molecular flexibility index (Phi) is 3.08. The Hall–Kier alpha value is -2.50. The number of carbonyl (C=O) groups is 2. The van der Waals surface area contributed by atoms with Crippen LogP contribution >= 0.6 is 0 Å². The quantitative estimate of drug-likeness (QED) is 0.362. The van der Waals surface area contributed by atoms with E-state index in [9.17, 15) is 19.7 Å². The van der Waals surface area contributed by atoms with E-state index < -0.39 is 4.92 Å². The predicted octanol–water partition coefficient (Wildman–Crippen LogP) is 2.44. The van der Waals surface area contributed by atoms with Crippen molar-refractivity contribution in [2.45, 2.75) is 19.8 Å². The zero-order chi connectivity index (χ0) is 15.1. The first-order chi connectivity index (χ1) is 9.99. The summed E-state index contributed by atoms with van der Waals surface area (Å²) in [6.45, 7) is 1.96. The lowest BCUT2D eigenvalue weighted by molar-refractivity contribution is -0.384. The SMILES string of the molecule is CC1=CC[C@H]2C(=O)N(c3ccc([N+](=O)[O-])cc3)C(=O)[C@H]2C1. The summed E-state index contributed by atoms with van der Waals surface area (Å²) in [6.07, 6.45) is 3.20. The highest BCUT2D eigenvalue weighted by molar-refractivity contribution is 6.22. The number of hydrogen-bond donors (Lipinski definition) is 0. The van der Waals surface area contributed by atoms with Gasteiger partial charge in [-0.15, -0.1) is 0 Å². The van der Waals surface area contributed by atoms with Gasteiger partial charge in [-0.05, 0) is 31.9 Å². The van der Waals surface area contributed by atoms with Crippen molar-refractivity contribution < 1.29 is 14.5 Å². The molecule has 1 aromatic rings. The molecule has 0 aromatic heterocycles. The summed E-state index contributed by atoms with van der Waals surface area (Å²) in [7, 11) is 0. The van der Waals surface area contributed by atoms with Crippen LogP contribution in [0.4, 0.5) is 11.4 Å². The van der Waals surface area contributed by atoms with Gasteiger partial charge in [0.2, 0.25) is 11.8 Å². The summed E-state index contributed by atoms with van der Waals surface area (Å²) in [5, 5.41) is 10.7. The average Bonchev–Trinajstić information content (AvgIpc) is 2.70. The number of amides is 2. The molecule has 0 unspecified atom stereocenters. The summed E-state index contributed by atoms with van der Waals surface area (Å²) >= 11 is 0. The van der Waals surface area contributed by atoms with Crippen LogP contribution in [0.25, 0.3) is 0 Å². The van der Waals surface area contributed by atoms with Crippen molar-refractivity contribution in [3.8, 4) is 0 Å². The van der Waals surface area contributed by atoms with E-state index in [1.807, 2.05) is 13.0 Å². The summed E-state index contributed by atoms with van der Waals surface area (Å²) in [6, 6.07) is 5.51. The topological polar surface area (TPSA) is 80.5 Å². The van der Waals surface area contributed by atoms with Crippen LogP contribution in [-0.2, 0) is 9.59 Å². The third-order valence-corrected chi connectivity index (χ3v) is 4.14. The zero-order valence-electron chi connectivity index (χ0n) is 11.5. The van der Waals surface area contributed by atoms with Crippen LogP contribution in [0, 0.1) is 22.0 Å². The number of imide groups is 1. The van der Waals surface area contributed by atoms with Gasteiger partial charge in [0.15, 0.2) is 0 Å². The number of fused-ring (bicyclic) bond motifs is 1. The average molecular weight is 286 g/mol. The van der Waals surface area contributed by atoms with Crippen LogP contribution in [0.5, 0.6) is 0 Å². The molecule has 1 aromatic carbocycles. The standard InChI is InChI=1S/C15H14N2O4/c1-9-2-7-12-13(8-9)15(19)16(14(12)18)10-3-5-11(6-4-10)17(20)21/h2-6,12-13H,7-8H2,1H3/t12-,13+/m1/s1. The van der Waals surface area contributed by atoms with Gasteiger partial charge in [-0.25, -0.2) is 0 Å². The second-order valence-corrected chi connectivity index (χ2v) is 5.49. The molecule has 1 saturated heterocycles. The summed E-state index contributed by atoms with van der Waals surface area (Å²) in [4.78, 5) is 36.2. The second-order valence-electron chi connectivity index (χ2n) is 5.49. The number of hydrogen-bond acceptors (Lipinski definition) is 4. The highest BCUT2D eigenvalue weighted by atomic mass is 16.6. The Morgan fingerprint density at radius 1 is 1.14 bits per heavy atom. The first-order valence-corrected chi connectivity index (χ1v) is 6.77. The molecular formula is C15H14N2O4. The van der Waals surface area contributed by atoms with Crippen molar-refractivity contribution in [3.63, 3.8) is 0 Å². The number of allylic oxidation sites excluding steroid dienone is 2. The minimum atomic E-state index is -0.509. The fourth-order valence-corrected chi connectivity index (χ4v) is 3.02. The highest BCUT2D eigenvalue weighted by Crippen LogP contribution is 2.39. The summed E-state index contributed by atoms with van der Waals surface area (Å²) in [5.41, 5.74) is 1.47. The number of carbonyl (C=O) groups excluding carboxylic acids is 2. The molecule has 0 spiro atoms. The Balaban J connectivity index is 1.91. The molecule has 3 rings (SSSR count). The smallest absolute Gasteiger partial charge is 0.269 e. The van der Waals surface area contributed by atoms with Crippen molar-refractivity contribution in [1.82, 2.24) is 0 Å². The molecule has 1 aliphatic heterocycles. The van der Waals surface area contributed by atoms with Crippen LogP contribution in [0.2, 0.25) is 0 Å². The van der Waals surface area contributed by atoms with Crippen LogP contribution in [0.15, 0.2) is 35.9 Å². The number of nitrogens with zero attached hydrogens (tertiary/aromatic N) is 2. The van der Waals surface area contributed by atoms with Crippen LogP contribution in [0.3, 0.4) is 0 Å². The molecular weight excluding hydrogens is 272 g/mol. The van der Waals surface area contributed by atoms with Gasteiger partial charge in [0.25, 0.3) is 5.69 Å². The Labute approximate surface area is 121 Å². The van der Waals surface area contributed by atoms with Gasteiger partial charge >= 0.3 is 0 Å². The number of benzene rings is 1. The lowest BCUT2D eigenvalue weighted by atomic mass is 9.82. The van der Waals surface area contributed by atoms with Gasteiger partial charge in [-0.2, -0.15) is 0 Å². The van der Waals surface area contributed by atoms with Crippen molar-refractivity contribution in [2.75, 3.05) is 4.90 Å². The molecule has 0 bridgehead atoms. The molecule has 2 aliphatic rings. The number of anilines is 1. The van der Waals surface area contributed by atoms with E-state index in [0.29, 0.717) is 18.5 Å². The van der Waals surface area contributed by atoms with Gasteiger partial charge in [-0.1, -0.05) is 11.6 Å². The van der Waals surface area contributed by atoms with E-state index >= 15 is 0 Å². The molecule has 6 nitrogen and oxygen atoms in total. The molecule has 2 atom stereocenters. The zero-order valence-corrected chi connectivity index (χ0v) is 11.5. The van der Waals surface area contributed by atoms with E-state index in [1.54, 1.807) is 0 Å². The van der Waals surface area contributed by atoms with Crippen molar-refractivity contribution in [2.24, 2.45) is 11.8 Å². The Morgan fingerprint density at radius 2 is 1.76 bits per heavy atom. The van der Waals surface area contributed by atoms with E-state index in [2.05, 4.69) is 0 Å². The van der Waals surface area contributed by atoms with Crippen LogP contribution < -0.4 is 4.90 Å². The first-order valence-electron chi connectivity index (χ1n) is 6.77. The third-order valence-electron chi connectivity index (χ3n) is 4.14. The normalized spacial score (nSPS) is 24.8. The van der Waals surface area contributed by atoms with Gasteiger partial charge in [0.05, 0.1) is 22.4 Å². The molecule has 6 heteroatoms. The lowest BCUT2D eigenvalue weighted by Crippen LogP contribution is -2.30. The Bertz CT molecular complexity index is 663. The predicted molar refractivity (Wildman–Crippen MR) is 75.6 cm³/mol. The van der Waals surface area contributed by atoms with E-state index in [-0.39, 0.29) is 29.3 Å². The highest BCUT2D eigenvalue weighted by Gasteiger charge is 2.48. The maximum Gasteiger partial charge on any atom is 0.269 e. The number of nitro groups is 1. The van der Waals surface area contributed by atoms with Crippen molar-refractivity contribution in [3.05, 3.63) is 46.0 Å². The van der Waals surface area contributed by atoms with Crippen molar-refractivity contribution >= 4 is 23.2 Å². The number of nitro benzene ring substituents is 1. The number of rotatable bonds is 2. The van der Waals surface area contributed by atoms with Gasteiger partial charge < -0.3 is 0 Å². The third kappa shape index (κ3) is 2.12.